The van der Waals surface area contributed by atoms with Crippen LogP contribution >= 0.6 is 10.7 Å². The van der Waals surface area contributed by atoms with Gasteiger partial charge in [-0.05, 0) is 12.1 Å². The van der Waals surface area contributed by atoms with E-state index >= 15 is 0 Å². The molecule has 12 heavy (non-hydrogen) atoms. The molecule has 1 aromatic rings. The number of halogens is 1. The highest BCUT2D eigenvalue weighted by Gasteiger charge is 2.07. The maximum Gasteiger partial charge on any atom is 0.262 e. The van der Waals surface area contributed by atoms with Crippen molar-refractivity contribution >= 4 is 19.7 Å². The molecule has 0 aliphatic rings. The molecule has 0 fully saturated rings. The summed E-state index contributed by atoms with van der Waals surface area (Å²) in [5, 5.41) is 0. The lowest BCUT2D eigenvalue weighted by Crippen LogP contribution is -1.89. The summed E-state index contributed by atoms with van der Waals surface area (Å²) in [4.78, 5) is 3.61. The summed E-state index contributed by atoms with van der Waals surface area (Å²) in [5.74, 6) is 0. The largest absolute Gasteiger partial charge is 0.263 e. The maximum atomic E-state index is 10.6. The molecule has 0 radical (unpaired) electrons. The number of rotatable bonds is 1. The Morgan fingerprint density at radius 2 is 2.00 bits per heavy atom. The number of pyridine rings is 1. The number of hydrogen-bond acceptors (Lipinski definition) is 3. The Morgan fingerprint density at radius 3 is 2.25 bits per heavy atom. The molecular formula is C7H10ClNO2S. The second-order valence-electron chi connectivity index (χ2n) is 1.63. The molecule has 0 saturated carbocycles. The second kappa shape index (κ2) is 5.11. The standard InChI is InChI=1S/C5H4ClNO2S.C2H6/c6-10(8,9)5-2-1-3-7-4-5;1-2/h1-4H;1-2H3. The molecule has 1 aromatic heterocycles. The monoisotopic (exact) mass is 207 g/mol. The Bertz CT molecular complexity index is 309. The van der Waals surface area contributed by atoms with Crippen molar-refractivity contribution in [2.75, 3.05) is 0 Å². The summed E-state index contributed by atoms with van der Waals surface area (Å²) in [6.45, 7) is 4.00. The van der Waals surface area contributed by atoms with Crippen LogP contribution in [0.2, 0.25) is 0 Å². The minimum atomic E-state index is -3.59. The van der Waals surface area contributed by atoms with Crippen molar-refractivity contribution < 1.29 is 8.42 Å². The van der Waals surface area contributed by atoms with Crippen LogP contribution in [0.25, 0.3) is 0 Å². The Morgan fingerprint density at radius 1 is 1.42 bits per heavy atom. The number of aromatic nitrogens is 1. The fourth-order valence-corrected chi connectivity index (χ4v) is 1.19. The maximum absolute atomic E-state index is 10.6. The van der Waals surface area contributed by atoms with Crippen LogP contribution < -0.4 is 0 Å². The number of hydrogen-bond donors (Lipinski definition) is 0. The molecular weight excluding hydrogens is 198 g/mol. The van der Waals surface area contributed by atoms with Gasteiger partial charge in [-0.3, -0.25) is 4.98 Å². The summed E-state index contributed by atoms with van der Waals surface area (Å²) >= 11 is 0. The van der Waals surface area contributed by atoms with Crippen molar-refractivity contribution in [1.82, 2.24) is 4.98 Å². The molecule has 0 aliphatic heterocycles. The second-order valence-corrected chi connectivity index (χ2v) is 4.19. The van der Waals surface area contributed by atoms with E-state index in [1.807, 2.05) is 13.8 Å². The first kappa shape index (κ1) is 11.4. The van der Waals surface area contributed by atoms with Crippen LogP contribution in [0, 0.1) is 0 Å². The van der Waals surface area contributed by atoms with Crippen LogP contribution in [0.1, 0.15) is 13.8 Å². The van der Waals surface area contributed by atoms with Gasteiger partial charge in [0.25, 0.3) is 9.05 Å². The van der Waals surface area contributed by atoms with E-state index in [4.69, 9.17) is 10.7 Å². The smallest absolute Gasteiger partial charge is 0.262 e. The molecule has 0 unspecified atom stereocenters. The molecule has 0 spiro atoms. The van der Waals surface area contributed by atoms with E-state index in [1.54, 1.807) is 0 Å². The van der Waals surface area contributed by atoms with Crippen molar-refractivity contribution in [2.24, 2.45) is 0 Å². The van der Waals surface area contributed by atoms with Crippen molar-refractivity contribution in [2.45, 2.75) is 18.7 Å². The van der Waals surface area contributed by atoms with Gasteiger partial charge in [-0.2, -0.15) is 0 Å². The summed E-state index contributed by atoms with van der Waals surface area (Å²) in [6.07, 6.45) is 2.67. The van der Waals surface area contributed by atoms with Gasteiger partial charge < -0.3 is 0 Å². The van der Waals surface area contributed by atoms with Crippen LogP contribution in [-0.2, 0) is 9.05 Å². The zero-order valence-corrected chi connectivity index (χ0v) is 8.43. The van der Waals surface area contributed by atoms with E-state index < -0.39 is 9.05 Å². The molecule has 0 aliphatic carbocycles. The lowest BCUT2D eigenvalue weighted by Gasteiger charge is -1.90. The van der Waals surface area contributed by atoms with Crippen LogP contribution in [0.5, 0.6) is 0 Å². The van der Waals surface area contributed by atoms with Gasteiger partial charge in [0.15, 0.2) is 0 Å². The topological polar surface area (TPSA) is 47.0 Å². The fourth-order valence-electron chi connectivity index (χ4n) is 0.491. The van der Waals surface area contributed by atoms with Crippen LogP contribution in [0.4, 0.5) is 0 Å². The lowest BCUT2D eigenvalue weighted by atomic mass is 10.5. The summed E-state index contributed by atoms with van der Waals surface area (Å²) in [5.41, 5.74) is 0. The highest BCUT2D eigenvalue weighted by Crippen LogP contribution is 2.11. The average Bonchev–Trinajstić information content (AvgIpc) is 2.08. The van der Waals surface area contributed by atoms with Crippen LogP contribution in [-0.4, -0.2) is 13.4 Å². The Kier molecular flexibility index (Phi) is 4.85. The van der Waals surface area contributed by atoms with E-state index in [9.17, 15) is 8.42 Å². The van der Waals surface area contributed by atoms with Crippen molar-refractivity contribution in [1.29, 1.82) is 0 Å². The SMILES string of the molecule is CC.O=S(=O)(Cl)c1cccnc1. The van der Waals surface area contributed by atoms with E-state index in [1.165, 1.54) is 24.5 Å². The first-order chi connectivity index (χ1) is 5.61. The Labute approximate surface area is 76.8 Å². The molecule has 0 saturated heterocycles. The highest BCUT2D eigenvalue weighted by molar-refractivity contribution is 8.13. The van der Waals surface area contributed by atoms with Gasteiger partial charge in [-0.25, -0.2) is 8.42 Å². The molecule has 1 rings (SSSR count). The molecule has 0 N–H and O–H groups in total. The third kappa shape index (κ3) is 3.69. The quantitative estimate of drug-likeness (QED) is 0.662. The van der Waals surface area contributed by atoms with Gasteiger partial charge in [-0.15, -0.1) is 0 Å². The van der Waals surface area contributed by atoms with Crippen molar-refractivity contribution in [3.63, 3.8) is 0 Å². The molecule has 3 nitrogen and oxygen atoms in total. The van der Waals surface area contributed by atoms with Gasteiger partial charge in [0.2, 0.25) is 0 Å². The molecule has 1 heterocycles. The first-order valence-electron chi connectivity index (χ1n) is 3.45. The number of nitrogens with zero attached hydrogens (tertiary/aromatic N) is 1. The zero-order chi connectivity index (χ0) is 9.61. The van der Waals surface area contributed by atoms with E-state index in [-0.39, 0.29) is 4.90 Å². The van der Waals surface area contributed by atoms with E-state index in [2.05, 4.69) is 4.98 Å². The van der Waals surface area contributed by atoms with Gasteiger partial charge in [-0.1, -0.05) is 13.8 Å². The third-order valence-electron chi connectivity index (χ3n) is 0.916. The molecule has 0 atom stereocenters. The Balaban J connectivity index is 0.000000561. The fraction of sp³-hybridized carbons (Fsp3) is 0.286. The minimum Gasteiger partial charge on any atom is -0.263 e. The lowest BCUT2D eigenvalue weighted by molar-refractivity contribution is 0.609. The van der Waals surface area contributed by atoms with Gasteiger partial charge >= 0.3 is 0 Å². The van der Waals surface area contributed by atoms with Crippen molar-refractivity contribution in [3.8, 4) is 0 Å². The summed E-state index contributed by atoms with van der Waals surface area (Å²) in [7, 11) is 1.40. The summed E-state index contributed by atoms with van der Waals surface area (Å²) in [6, 6.07) is 2.89. The predicted octanol–water partition coefficient (Wildman–Crippen LogP) is 2.04. The molecule has 68 valence electrons. The zero-order valence-electron chi connectivity index (χ0n) is 6.86. The third-order valence-corrected chi connectivity index (χ3v) is 2.26. The Hall–Kier alpha value is -0.610. The minimum absolute atomic E-state index is 0.0247. The molecule has 5 heteroatoms. The van der Waals surface area contributed by atoms with Gasteiger partial charge in [0.1, 0.15) is 4.90 Å². The average molecular weight is 208 g/mol. The van der Waals surface area contributed by atoms with Gasteiger partial charge in [0, 0.05) is 23.1 Å². The molecule has 0 bridgehead atoms. The van der Waals surface area contributed by atoms with E-state index in [0.717, 1.165) is 0 Å². The first-order valence-corrected chi connectivity index (χ1v) is 5.76. The predicted molar refractivity (Wildman–Crippen MR) is 48.6 cm³/mol. The van der Waals surface area contributed by atoms with Gasteiger partial charge in [0.05, 0.1) is 0 Å². The molecule has 0 amide bonds. The van der Waals surface area contributed by atoms with Crippen molar-refractivity contribution in [3.05, 3.63) is 24.5 Å². The molecule has 0 aromatic carbocycles. The normalized spacial score (nSPS) is 9.92. The van der Waals surface area contributed by atoms with Crippen LogP contribution in [0.15, 0.2) is 29.4 Å². The summed E-state index contributed by atoms with van der Waals surface area (Å²) < 4.78 is 21.1. The highest BCUT2D eigenvalue weighted by atomic mass is 35.7. The van der Waals surface area contributed by atoms with Crippen LogP contribution in [0.3, 0.4) is 0 Å². The van der Waals surface area contributed by atoms with E-state index in [0.29, 0.717) is 0 Å².